The molecule has 0 saturated carbocycles. The largest absolute Gasteiger partial charge is 0.392 e. The normalized spacial score (nSPS) is 17.6. The van der Waals surface area contributed by atoms with E-state index in [0.717, 1.165) is 60.7 Å². The van der Waals surface area contributed by atoms with Gasteiger partial charge in [0.05, 0.1) is 19.8 Å². The summed E-state index contributed by atoms with van der Waals surface area (Å²) >= 11 is 0. The van der Waals surface area contributed by atoms with E-state index in [9.17, 15) is 5.11 Å². The van der Waals surface area contributed by atoms with Crippen molar-refractivity contribution in [1.82, 2.24) is 29.9 Å². The molecule has 164 valence electrons. The van der Waals surface area contributed by atoms with Crippen molar-refractivity contribution in [1.29, 1.82) is 0 Å². The van der Waals surface area contributed by atoms with Crippen molar-refractivity contribution in [3.05, 3.63) is 29.8 Å². The second-order valence-electron chi connectivity index (χ2n) is 8.22. The Labute approximate surface area is 181 Å². The van der Waals surface area contributed by atoms with E-state index in [1.54, 1.807) is 0 Å². The molecule has 0 radical (unpaired) electrons. The number of rotatable bonds is 7. The fourth-order valence-electron chi connectivity index (χ4n) is 4.38. The zero-order valence-corrected chi connectivity index (χ0v) is 17.8. The quantitative estimate of drug-likeness (QED) is 0.614. The maximum atomic E-state index is 9.55. The second-order valence-corrected chi connectivity index (χ2v) is 8.22. The highest BCUT2D eigenvalue weighted by Gasteiger charge is 2.22. The topological polar surface area (TPSA) is 92.4 Å². The molecule has 2 aromatic heterocycles. The van der Waals surface area contributed by atoms with Crippen LogP contribution in [0.4, 0.5) is 5.82 Å². The van der Waals surface area contributed by atoms with Crippen molar-refractivity contribution in [2.45, 2.75) is 32.4 Å². The molecule has 2 aliphatic heterocycles. The lowest BCUT2D eigenvalue weighted by molar-refractivity contribution is 0.122. The number of hydrogen-bond donors (Lipinski definition) is 1. The summed E-state index contributed by atoms with van der Waals surface area (Å²) in [6, 6.07) is 7.74. The lowest BCUT2D eigenvalue weighted by Crippen LogP contribution is -2.37. The van der Waals surface area contributed by atoms with Gasteiger partial charge in [0.1, 0.15) is 0 Å². The molecule has 0 atom stereocenters. The van der Waals surface area contributed by atoms with Crippen molar-refractivity contribution in [3.8, 4) is 11.4 Å². The van der Waals surface area contributed by atoms with Crippen LogP contribution in [0.2, 0.25) is 0 Å². The van der Waals surface area contributed by atoms with Crippen LogP contribution in [0.15, 0.2) is 24.3 Å². The Hall–Kier alpha value is -2.62. The molecular formula is C22H29N7O2. The highest BCUT2D eigenvalue weighted by Crippen LogP contribution is 2.27. The number of aromatic nitrogens is 5. The van der Waals surface area contributed by atoms with E-state index in [4.69, 9.17) is 14.7 Å². The van der Waals surface area contributed by atoms with Gasteiger partial charge in [-0.05, 0) is 50.5 Å². The summed E-state index contributed by atoms with van der Waals surface area (Å²) in [6.45, 7) is 7.13. The minimum Gasteiger partial charge on any atom is -0.392 e. The van der Waals surface area contributed by atoms with Gasteiger partial charge in [0.2, 0.25) is 0 Å². The van der Waals surface area contributed by atoms with Crippen molar-refractivity contribution in [3.63, 3.8) is 0 Å². The summed E-state index contributed by atoms with van der Waals surface area (Å²) in [6.07, 6.45) is 3.63. The number of ether oxygens (including phenoxy) is 1. The highest BCUT2D eigenvalue weighted by atomic mass is 16.5. The van der Waals surface area contributed by atoms with Gasteiger partial charge in [-0.15, -0.1) is 5.10 Å². The maximum absolute atomic E-state index is 9.55. The number of aryl methyl sites for hydroxylation is 1. The third kappa shape index (κ3) is 4.39. The molecule has 0 bridgehead atoms. The monoisotopic (exact) mass is 423 g/mol. The van der Waals surface area contributed by atoms with Crippen LogP contribution in [0.1, 0.15) is 24.8 Å². The zero-order valence-electron chi connectivity index (χ0n) is 17.8. The van der Waals surface area contributed by atoms with Crippen molar-refractivity contribution >= 4 is 17.0 Å². The molecular weight excluding hydrogens is 394 g/mol. The number of likely N-dealkylation sites (tertiary alicyclic amines) is 1. The molecule has 2 aliphatic rings. The summed E-state index contributed by atoms with van der Waals surface area (Å²) in [7, 11) is 0. The third-order valence-corrected chi connectivity index (χ3v) is 6.07. The van der Waals surface area contributed by atoms with E-state index in [1.165, 1.54) is 25.9 Å². The average molecular weight is 424 g/mol. The van der Waals surface area contributed by atoms with E-state index in [1.807, 2.05) is 28.9 Å². The minimum absolute atomic E-state index is 0.0115. The van der Waals surface area contributed by atoms with E-state index < -0.39 is 0 Å². The number of aliphatic hydroxyl groups excluding tert-OH is 1. The van der Waals surface area contributed by atoms with Gasteiger partial charge in [-0.2, -0.15) is 0 Å². The molecule has 31 heavy (non-hydrogen) atoms. The zero-order chi connectivity index (χ0) is 21.0. The lowest BCUT2D eigenvalue weighted by Gasteiger charge is -2.28. The number of anilines is 1. The van der Waals surface area contributed by atoms with Crippen molar-refractivity contribution < 1.29 is 9.84 Å². The first-order chi connectivity index (χ1) is 15.3. The number of hydrogen-bond acceptors (Lipinski definition) is 8. The van der Waals surface area contributed by atoms with Crippen molar-refractivity contribution in [2.75, 3.05) is 50.8 Å². The van der Waals surface area contributed by atoms with E-state index in [-0.39, 0.29) is 6.61 Å². The summed E-state index contributed by atoms with van der Waals surface area (Å²) in [5, 5.41) is 18.4. The standard InChI is InChI=1S/C22H29N7O2/c30-16-17-5-3-6-18(15-17)20-23-21(28-11-13-31-14-12-28)19-22(24-20)29(26-25-19)10-4-9-27-7-1-2-8-27/h3,5-6,15,30H,1-2,4,7-14,16H2. The Morgan fingerprint density at radius 3 is 2.65 bits per heavy atom. The number of fused-ring (bicyclic) bond motifs is 1. The fourth-order valence-corrected chi connectivity index (χ4v) is 4.38. The number of nitrogens with zero attached hydrogens (tertiary/aromatic N) is 7. The molecule has 2 saturated heterocycles. The molecule has 0 unspecified atom stereocenters. The van der Waals surface area contributed by atoms with E-state index in [0.29, 0.717) is 19.0 Å². The van der Waals surface area contributed by atoms with Gasteiger partial charge in [-0.1, -0.05) is 23.4 Å². The predicted octanol–water partition coefficient (Wildman–Crippen LogP) is 1.70. The summed E-state index contributed by atoms with van der Waals surface area (Å²) < 4.78 is 7.44. The Kier molecular flexibility index (Phi) is 6.06. The predicted molar refractivity (Wildman–Crippen MR) is 118 cm³/mol. The van der Waals surface area contributed by atoms with Gasteiger partial charge in [0.25, 0.3) is 0 Å². The first-order valence-electron chi connectivity index (χ1n) is 11.2. The molecule has 0 aliphatic carbocycles. The summed E-state index contributed by atoms with van der Waals surface area (Å²) in [5.74, 6) is 1.44. The smallest absolute Gasteiger partial charge is 0.184 e. The molecule has 0 spiro atoms. The molecule has 3 aromatic rings. The van der Waals surface area contributed by atoms with Crippen LogP contribution in [0, 0.1) is 0 Å². The third-order valence-electron chi connectivity index (χ3n) is 6.07. The van der Waals surface area contributed by atoms with Crippen LogP contribution in [0.25, 0.3) is 22.6 Å². The summed E-state index contributed by atoms with van der Waals surface area (Å²) in [4.78, 5) is 14.5. The molecule has 5 rings (SSSR count). The van der Waals surface area contributed by atoms with Crippen LogP contribution in [0.5, 0.6) is 0 Å². The maximum Gasteiger partial charge on any atom is 0.184 e. The minimum atomic E-state index is -0.0115. The van der Waals surface area contributed by atoms with Crippen molar-refractivity contribution in [2.24, 2.45) is 0 Å². The van der Waals surface area contributed by atoms with Crippen LogP contribution in [-0.2, 0) is 17.9 Å². The van der Waals surface area contributed by atoms with Crippen LogP contribution in [-0.4, -0.2) is 80.9 Å². The molecule has 0 amide bonds. The Balaban J connectivity index is 1.49. The van der Waals surface area contributed by atoms with E-state index >= 15 is 0 Å². The van der Waals surface area contributed by atoms with Crippen LogP contribution < -0.4 is 4.90 Å². The first kappa shape index (κ1) is 20.3. The lowest BCUT2D eigenvalue weighted by atomic mass is 10.1. The van der Waals surface area contributed by atoms with Gasteiger partial charge in [-0.3, -0.25) is 0 Å². The molecule has 9 heteroatoms. The van der Waals surface area contributed by atoms with Crippen LogP contribution in [0.3, 0.4) is 0 Å². The van der Waals surface area contributed by atoms with Gasteiger partial charge in [-0.25, -0.2) is 14.6 Å². The average Bonchev–Trinajstić information content (AvgIpc) is 3.49. The Bertz CT molecular complexity index is 1030. The van der Waals surface area contributed by atoms with Crippen LogP contribution >= 0.6 is 0 Å². The SMILES string of the molecule is OCc1cccc(-c2nc(N3CCOCC3)c3nnn(CCCN4CCCC4)c3n2)c1. The molecule has 4 heterocycles. The fraction of sp³-hybridized carbons (Fsp3) is 0.545. The van der Waals surface area contributed by atoms with Gasteiger partial charge >= 0.3 is 0 Å². The van der Waals surface area contributed by atoms with Gasteiger partial charge in [0.15, 0.2) is 22.8 Å². The number of aliphatic hydroxyl groups is 1. The summed E-state index contributed by atoms with van der Waals surface area (Å²) in [5.41, 5.74) is 3.23. The highest BCUT2D eigenvalue weighted by molar-refractivity contribution is 5.85. The van der Waals surface area contributed by atoms with Gasteiger partial charge in [0, 0.05) is 25.2 Å². The molecule has 2 fully saturated rings. The Morgan fingerprint density at radius 1 is 1.00 bits per heavy atom. The molecule has 1 aromatic carbocycles. The van der Waals surface area contributed by atoms with Gasteiger partial charge < -0.3 is 19.6 Å². The molecule has 1 N–H and O–H groups in total. The Morgan fingerprint density at radius 2 is 1.84 bits per heavy atom. The molecule has 9 nitrogen and oxygen atoms in total. The first-order valence-corrected chi connectivity index (χ1v) is 11.2. The van der Waals surface area contributed by atoms with E-state index in [2.05, 4.69) is 20.1 Å². The number of morpholine rings is 1. The second kappa shape index (κ2) is 9.25. The number of benzene rings is 1.